The van der Waals surface area contributed by atoms with Crippen LogP contribution in [-0.2, 0) is 6.18 Å². The minimum absolute atomic E-state index is 0.0605. The molecule has 0 aliphatic rings. The Kier molecular flexibility index (Phi) is 5.94. The van der Waals surface area contributed by atoms with Crippen molar-refractivity contribution in [1.29, 1.82) is 0 Å². The zero-order valence-corrected chi connectivity index (χ0v) is 14.0. The highest BCUT2D eigenvalue weighted by Crippen LogP contribution is 2.38. The summed E-state index contributed by atoms with van der Waals surface area (Å²) in [5, 5.41) is 19.8. The van der Waals surface area contributed by atoms with Crippen molar-refractivity contribution in [2.45, 2.75) is 19.2 Å². The number of hydrogen-bond donors (Lipinski definition) is 1. The minimum atomic E-state index is -4.54. The van der Waals surface area contributed by atoms with Crippen LogP contribution >= 0.6 is 11.6 Å². The molecule has 0 fully saturated rings. The Morgan fingerprint density at radius 3 is 2.46 bits per heavy atom. The molecule has 2 aromatic rings. The zero-order valence-electron chi connectivity index (χ0n) is 13.3. The highest BCUT2D eigenvalue weighted by molar-refractivity contribution is 6.32. The first-order valence-corrected chi connectivity index (χ1v) is 7.60. The molecule has 1 atom stereocenters. The number of hydrogen-bond acceptors (Lipinski definition) is 5. The average molecular weight is 392 g/mol. The largest absolute Gasteiger partial charge is 0.481 e. The van der Waals surface area contributed by atoms with Gasteiger partial charge in [-0.3, -0.25) is 10.1 Å². The van der Waals surface area contributed by atoms with Gasteiger partial charge < -0.3 is 14.6 Å². The fourth-order valence-electron chi connectivity index (χ4n) is 1.94. The average Bonchev–Trinajstić information content (AvgIpc) is 2.55. The summed E-state index contributed by atoms with van der Waals surface area (Å²) in [6, 6.07) is 6.13. The normalized spacial score (nSPS) is 12.5. The second-order valence-electron chi connectivity index (χ2n) is 5.24. The summed E-state index contributed by atoms with van der Waals surface area (Å²) in [5.74, 6) is -0.149. The van der Waals surface area contributed by atoms with E-state index in [0.29, 0.717) is 6.07 Å². The number of halogens is 4. The van der Waals surface area contributed by atoms with Crippen LogP contribution in [-0.4, -0.2) is 22.7 Å². The maximum atomic E-state index is 12.7. The van der Waals surface area contributed by atoms with E-state index in [-0.39, 0.29) is 34.6 Å². The van der Waals surface area contributed by atoms with Gasteiger partial charge in [0.2, 0.25) is 5.75 Å². The molecule has 10 heteroatoms. The molecule has 0 bridgehead atoms. The fraction of sp³-hybridized carbons (Fsp3) is 0.250. The molecule has 0 heterocycles. The van der Waals surface area contributed by atoms with Crippen LogP contribution in [0.2, 0.25) is 5.02 Å². The van der Waals surface area contributed by atoms with E-state index in [1.54, 1.807) is 0 Å². The van der Waals surface area contributed by atoms with Crippen LogP contribution in [0.1, 0.15) is 12.5 Å². The number of ether oxygens (including phenoxy) is 2. The molecule has 6 nitrogen and oxygen atoms in total. The summed E-state index contributed by atoms with van der Waals surface area (Å²) in [5.41, 5.74) is -1.28. The first-order valence-electron chi connectivity index (χ1n) is 7.22. The van der Waals surface area contributed by atoms with Gasteiger partial charge in [-0.2, -0.15) is 13.2 Å². The van der Waals surface area contributed by atoms with E-state index in [0.717, 1.165) is 18.2 Å². The highest BCUT2D eigenvalue weighted by Gasteiger charge is 2.31. The van der Waals surface area contributed by atoms with Crippen LogP contribution in [0.4, 0.5) is 18.9 Å². The number of aliphatic hydroxyl groups excluding tert-OH is 1. The summed E-state index contributed by atoms with van der Waals surface area (Å²) in [4.78, 5) is 10.4. The van der Waals surface area contributed by atoms with Crippen molar-refractivity contribution in [3.05, 3.63) is 57.1 Å². The zero-order chi connectivity index (χ0) is 19.5. The molecule has 0 radical (unpaired) electrons. The van der Waals surface area contributed by atoms with Gasteiger partial charge in [-0.1, -0.05) is 11.6 Å². The Morgan fingerprint density at radius 2 is 1.92 bits per heavy atom. The number of nitro groups is 1. The molecule has 2 aromatic carbocycles. The molecule has 0 spiro atoms. The lowest BCUT2D eigenvalue weighted by atomic mass is 10.2. The number of benzene rings is 2. The van der Waals surface area contributed by atoms with E-state index < -0.39 is 22.8 Å². The van der Waals surface area contributed by atoms with Gasteiger partial charge in [0.1, 0.15) is 17.6 Å². The molecular formula is C16H13ClF3NO5. The van der Waals surface area contributed by atoms with E-state index in [1.165, 1.54) is 19.1 Å². The number of nitrogens with zero attached hydrogens (tertiary/aromatic N) is 1. The second kappa shape index (κ2) is 7.79. The van der Waals surface area contributed by atoms with Crippen LogP contribution in [0.3, 0.4) is 0 Å². The predicted molar refractivity (Wildman–Crippen MR) is 86.8 cm³/mol. The van der Waals surface area contributed by atoms with Gasteiger partial charge in [-0.25, -0.2) is 0 Å². The van der Waals surface area contributed by atoms with E-state index in [4.69, 9.17) is 26.2 Å². The SMILES string of the molecule is CC(CO)Oc1cc(Oc2ccc(C(F)(F)F)cc2Cl)ccc1[N+](=O)[O-]. The van der Waals surface area contributed by atoms with Gasteiger partial charge in [0.15, 0.2) is 0 Å². The number of aliphatic hydroxyl groups is 1. The standard InChI is InChI=1S/C16H13ClF3NO5/c1-9(8-22)25-15-7-11(3-4-13(15)21(23)24)26-14-5-2-10(6-12(14)17)16(18,19)20/h2-7,9,22H,8H2,1H3. The molecular weight excluding hydrogens is 379 g/mol. The molecule has 140 valence electrons. The maximum Gasteiger partial charge on any atom is 0.416 e. The van der Waals surface area contributed by atoms with Crippen molar-refractivity contribution in [1.82, 2.24) is 0 Å². The lowest BCUT2D eigenvalue weighted by Crippen LogP contribution is -2.16. The van der Waals surface area contributed by atoms with Gasteiger partial charge in [-0.15, -0.1) is 0 Å². The summed E-state index contributed by atoms with van der Waals surface area (Å²) in [7, 11) is 0. The molecule has 0 amide bonds. The number of alkyl halides is 3. The summed E-state index contributed by atoms with van der Waals surface area (Å²) in [6.07, 6.45) is -5.25. The van der Waals surface area contributed by atoms with Crippen LogP contribution in [0.5, 0.6) is 17.2 Å². The van der Waals surface area contributed by atoms with Gasteiger partial charge in [0.25, 0.3) is 0 Å². The highest BCUT2D eigenvalue weighted by atomic mass is 35.5. The molecule has 0 saturated heterocycles. The molecule has 0 aliphatic carbocycles. The summed E-state index contributed by atoms with van der Waals surface area (Å²) < 4.78 is 48.6. The first-order chi connectivity index (χ1) is 12.1. The molecule has 0 aromatic heterocycles. The van der Waals surface area contributed by atoms with Crippen LogP contribution in [0.25, 0.3) is 0 Å². The topological polar surface area (TPSA) is 81.8 Å². The van der Waals surface area contributed by atoms with Crippen molar-refractivity contribution in [2.75, 3.05) is 6.61 Å². The molecule has 1 unspecified atom stereocenters. The maximum absolute atomic E-state index is 12.7. The van der Waals surface area contributed by atoms with Gasteiger partial charge in [0, 0.05) is 12.1 Å². The third-order valence-corrected chi connectivity index (χ3v) is 3.50. The second-order valence-corrected chi connectivity index (χ2v) is 5.65. The van der Waals surface area contributed by atoms with E-state index in [9.17, 15) is 23.3 Å². The molecule has 0 aliphatic heterocycles. The van der Waals surface area contributed by atoms with Crippen LogP contribution in [0, 0.1) is 10.1 Å². The van der Waals surface area contributed by atoms with Crippen molar-refractivity contribution in [2.24, 2.45) is 0 Å². The van der Waals surface area contributed by atoms with Gasteiger partial charge in [0.05, 0.1) is 22.1 Å². The first kappa shape index (κ1) is 19.8. The van der Waals surface area contributed by atoms with Crippen molar-refractivity contribution in [3.8, 4) is 17.2 Å². The molecule has 2 rings (SSSR count). The predicted octanol–water partition coefficient (Wildman–Crippen LogP) is 4.82. The Hall–Kier alpha value is -2.52. The Bertz CT molecular complexity index is 813. The molecule has 0 saturated carbocycles. The number of nitro benzene ring substituents is 1. The quantitative estimate of drug-likeness (QED) is 0.564. The minimum Gasteiger partial charge on any atom is -0.481 e. The lowest BCUT2D eigenvalue weighted by Gasteiger charge is -2.14. The van der Waals surface area contributed by atoms with Crippen molar-refractivity contribution >= 4 is 17.3 Å². The third-order valence-electron chi connectivity index (χ3n) is 3.20. The van der Waals surface area contributed by atoms with E-state index in [1.807, 2.05) is 0 Å². The molecule has 1 N–H and O–H groups in total. The lowest BCUT2D eigenvalue weighted by molar-refractivity contribution is -0.386. The van der Waals surface area contributed by atoms with Crippen molar-refractivity contribution < 1.29 is 32.7 Å². The van der Waals surface area contributed by atoms with E-state index >= 15 is 0 Å². The van der Waals surface area contributed by atoms with Gasteiger partial charge >= 0.3 is 11.9 Å². The fourth-order valence-corrected chi connectivity index (χ4v) is 2.16. The summed E-state index contributed by atoms with van der Waals surface area (Å²) in [6.45, 7) is 1.14. The number of rotatable bonds is 6. The Labute approximate surface area is 150 Å². The Morgan fingerprint density at radius 1 is 1.23 bits per heavy atom. The van der Waals surface area contributed by atoms with Crippen LogP contribution in [0.15, 0.2) is 36.4 Å². The van der Waals surface area contributed by atoms with Crippen LogP contribution < -0.4 is 9.47 Å². The Balaban J connectivity index is 2.32. The van der Waals surface area contributed by atoms with Crippen molar-refractivity contribution in [3.63, 3.8) is 0 Å². The van der Waals surface area contributed by atoms with E-state index in [2.05, 4.69) is 0 Å². The molecule has 26 heavy (non-hydrogen) atoms. The summed E-state index contributed by atoms with van der Waals surface area (Å²) >= 11 is 5.82. The monoisotopic (exact) mass is 391 g/mol. The third kappa shape index (κ3) is 4.77. The van der Waals surface area contributed by atoms with Gasteiger partial charge in [-0.05, 0) is 31.2 Å². The smallest absolute Gasteiger partial charge is 0.416 e.